The zero-order valence-corrected chi connectivity index (χ0v) is 11.1. The van der Waals surface area contributed by atoms with Crippen molar-refractivity contribution < 1.29 is 14.3 Å². The monoisotopic (exact) mass is 228 g/mol. The highest BCUT2D eigenvalue weighted by atomic mass is 16.6. The first kappa shape index (κ1) is 13.5. The van der Waals surface area contributed by atoms with Gasteiger partial charge in [-0.15, -0.1) is 0 Å². The fraction of sp³-hybridized carbons (Fsp3) is 0.923. The van der Waals surface area contributed by atoms with Crippen LogP contribution < -0.4 is 0 Å². The van der Waals surface area contributed by atoms with Crippen molar-refractivity contribution in [2.75, 3.05) is 0 Å². The summed E-state index contributed by atoms with van der Waals surface area (Å²) in [5.41, 5.74) is -0.390. The van der Waals surface area contributed by atoms with E-state index in [2.05, 4.69) is 6.92 Å². The highest BCUT2D eigenvalue weighted by Crippen LogP contribution is 2.30. The summed E-state index contributed by atoms with van der Waals surface area (Å²) in [6.07, 6.45) is 3.29. The maximum atomic E-state index is 11.9. The molecule has 1 heterocycles. The Morgan fingerprint density at radius 2 is 2.00 bits per heavy atom. The third-order valence-corrected chi connectivity index (χ3v) is 2.73. The summed E-state index contributed by atoms with van der Waals surface area (Å²) in [4.78, 5) is 11.9. The van der Waals surface area contributed by atoms with Crippen LogP contribution >= 0.6 is 0 Å². The summed E-state index contributed by atoms with van der Waals surface area (Å²) >= 11 is 0. The first-order valence-corrected chi connectivity index (χ1v) is 6.21. The van der Waals surface area contributed by atoms with Gasteiger partial charge < -0.3 is 9.47 Å². The lowest BCUT2D eigenvalue weighted by atomic mass is 9.97. The molecule has 0 N–H and O–H groups in total. The summed E-state index contributed by atoms with van der Waals surface area (Å²) in [6, 6.07) is 0. The average Bonchev–Trinajstić information content (AvgIpc) is 2.78. The van der Waals surface area contributed by atoms with Crippen molar-refractivity contribution in [2.45, 2.75) is 71.7 Å². The predicted octanol–water partition coefficient (Wildman–Crippen LogP) is 2.92. The third kappa shape index (κ3) is 4.52. The Kier molecular flexibility index (Phi) is 4.36. The van der Waals surface area contributed by atoms with Gasteiger partial charge in [0.25, 0.3) is 0 Å². The van der Waals surface area contributed by atoms with E-state index in [0.29, 0.717) is 6.10 Å². The van der Waals surface area contributed by atoms with Crippen LogP contribution in [0.25, 0.3) is 0 Å². The number of rotatable bonds is 5. The number of hydrogen-bond donors (Lipinski definition) is 0. The predicted molar refractivity (Wildman–Crippen MR) is 63.2 cm³/mol. The maximum Gasteiger partial charge on any atom is 0.309 e. The number of carbonyl (C=O) groups is 1. The lowest BCUT2D eigenvalue weighted by Gasteiger charge is -2.23. The highest BCUT2D eigenvalue weighted by Gasteiger charge is 2.38. The third-order valence-electron chi connectivity index (χ3n) is 2.73. The van der Waals surface area contributed by atoms with Crippen molar-refractivity contribution in [3.05, 3.63) is 0 Å². The summed E-state index contributed by atoms with van der Waals surface area (Å²) < 4.78 is 10.8. The van der Waals surface area contributed by atoms with Crippen molar-refractivity contribution in [3.8, 4) is 0 Å². The van der Waals surface area contributed by atoms with Crippen LogP contribution in [0.1, 0.15) is 53.9 Å². The molecule has 3 nitrogen and oxygen atoms in total. The number of ether oxygens (including phenoxy) is 2. The average molecular weight is 228 g/mol. The van der Waals surface area contributed by atoms with Crippen molar-refractivity contribution >= 4 is 5.97 Å². The van der Waals surface area contributed by atoms with E-state index in [4.69, 9.17) is 9.47 Å². The van der Waals surface area contributed by atoms with Gasteiger partial charge in [0.05, 0.1) is 18.1 Å². The second-order valence-corrected chi connectivity index (χ2v) is 5.63. The number of carbonyl (C=O) groups excluding carboxylic acids is 1. The van der Waals surface area contributed by atoms with Gasteiger partial charge in [-0.1, -0.05) is 13.3 Å². The second kappa shape index (κ2) is 5.17. The zero-order chi connectivity index (χ0) is 12.3. The van der Waals surface area contributed by atoms with E-state index in [1.54, 1.807) is 0 Å². The van der Waals surface area contributed by atoms with Gasteiger partial charge in [-0.05, 0) is 40.5 Å². The van der Waals surface area contributed by atoms with E-state index in [-0.39, 0.29) is 23.6 Å². The van der Waals surface area contributed by atoms with E-state index in [0.717, 1.165) is 19.3 Å². The van der Waals surface area contributed by atoms with Crippen molar-refractivity contribution in [1.29, 1.82) is 0 Å². The largest absolute Gasteiger partial charge is 0.460 e. The Morgan fingerprint density at radius 3 is 2.38 bits per heavy atom. The molecule has 0 spiro atoms. The normalized spacial score (nSPS) is 26.3. The summed E-state index contributed by atoms with van der Waals surface area (Å²) in [5, 5.41) is 0. The highest BCUT2D eigenvalue weighted by molar-refractivity contribution is 5.73. The van der Waals surface area contributed by atoms with Crippen LogP contribution in [0.15, 0.2) is 0 Å². The summed E-state index contributed by atoms with van der Waals surface area (Å²) in [7, 11) is 0. The Balaban J connectivity index is 2.45. The Bertz CT molecular complexity index is 242. The summed E-state index contributed by atoms with van der Waals surface area (Å²) in [5.74, 6) is -0.0729. The molecule has 1 aliphatic rings. The molecule has 16 heavy (non-hydrogen) atoms. The van der Waals surface area contributed by atoms with Crippen LogP contribution in [-0.4, -0.2) is 23.8 Å². The van der Waals surface area contributed by atoms with Crippen LogP contribution in [0.2, 0.25) is 0 Å². The van der Waals surface area contributed by atoms with Crippen LogP contribution in [-0.2, 0) is 14.3 Å². The van der Waals surface area contributed by atoms with E-state index >= 15 is 0 Å². The molecule has 1 aliphatic heterocycles. The molecular weight excluding hydrogens is 204 g/mol. The van der Waals surface area contributed by atoms with Gasteiger partial charge in [0.2, 0.25) is 0 Å². The molecule has 0 radical (unpaired) electrons. The zero-order valence-electron chi connectivity index (χ0n) is 11.1. The molecule has 0 bridgehead atoms. The molecular formula is C13H24O3. The molecule has 0 amide bonds. The van der Waals surface area contributed by atoms with E-state index in [1.807, 2.05) is 27.7 Å². The molecule has 1 saturated heterocycles. The Labute approximate surface area is 98.5 Å². The second-order valence-electron chi connectivity index (χ2n) is 5.63. The van der Waals surface area contributed by atoms with Crippen molar-refractivity contribution in [1.82, 2.24) is 0 Å². The fourth-order valence-corrected chi connectivity index (χ4v) is 1.82. The number of epoxide rings is 1. The van der Waals surface area contributed by atoms with Crippen molar-refractivity contribution in [2.24, 2.45) is 5.92 Å². The van der Waals surface area contributed by atoms with Crippen molar-refractivity contribution in [3.63, 3.8) is 0 Å². The minimum Gasteiger partial charge on any atom is -0.460 e. The van der Waals surface area contributed by atoms with Crippen LogP contribution in [0.4, 0.5) is 0 Å². The molecule has 1 unspecified atom stereocenters. The van der Waals surface area contributed by atoms with Gasteiger partial charge >= 0.3 is 5.97 Å². The molecule has 1 rings (SSSR count). The molecule has 94 valence electrons. The van der Waals surface area contributed by atoms with Crippen LogP contribution in [0, 0.1) is 5.92 Å². The first-order valence-electron chi connectivity index (χ1n) is 6.21. The topological polar surface area (TPSA) is 38.8 Å². The van der Waals surface area contributed by atoms with E-state index < -0.39 is 0 Å². The number of hydrogen-bond acceptors (Lipinski definition) is 3. The molecule has 3 atom stereocenters. The molecule has 0 aromatic carbocycles. The fourth-order valence-electron chi connectivity index (χ4n) is 1.82. The van der Waals surface area contributed by atoms with Crippen LogP contribution in [0.3, 0.4) is 0 Å². The summed E-state index contributed by atoms with van der Waals surface area (Å²) in [6.45, 7) is 9.86. The molecule has 3 heteroatoms. The van der Waals surface area contributed by atoms with Gasteiger partial charge in [0.1, 0.15) is 5.60 Å². The van der Waals surface area contributed by atoms with Gasteiger partial charge in [-0.25, -0.2) is 0 Å². The lowest BCUT2D eigenvalue weighted by molar-refractivity contribution is -0.160. The molecule has 0 saturated carbocycles. The standard InChI is InChI=1S/C13H24O3/c1-6-7-10(8-11-9(2)15-11)12(14)16-13(3,4)5/h9-11H,6-8H2,1-5H3/t9-,10+,11?/m1/s1. The number of esters is 1. The van der Waals surface area contributed by atoms with Gasteiger partial charge in [-0.3, -0.25) is 4.79 Å². The van der Waals surface area contributed by atoms with E-state index in [9.17, 15) is 4.79 Å². The Hall–Kier alpha value is -0.570. The van der Waals surface area contributed by atoms with Gasteiger partial charge in [-0.2, -0.15) is 0 Å². The minimum absolute atomic E-state index is 0.000764. The molecule has 1 fully saturated rings. The van der Waals surface area contributed by atoms with E-state index in [1.165, 1.54) is 0 Å². The quantitative estimate of drug-likeness (QED) is 0.536. The van der Waals surface area contributed by atoms with Gasteiger partial charge in [0.15, 0.2) is 0 Å². The molecule has 0 aliphatic carbocycles. The van der Waals surface area contributed by atoms with Gasteiger partial charge in [0, 0.05) is 0 Å². The smallest absolute Gasteiger partial charge is 0.309 e. The Morgan fingerprint density at radius 1 is 1.44 bits per heavy atom. The lowest BCUT2D eigenvalue weighted by Crippen LogP contribution is -2.29. The maximum absolute atomic E-state index is 11.9. The minimum atomic E-state index is -0.390. The molecule has 0 aromatic rings. The molecule has 0 aromatic heterocycles. The van der Waals surface area contributed by atoms with Crippen LogP contribution in [0.5, 0.6) is 0 Å². The SMILES string of the molecule is CCC[C@@H](CC1O[C@@H]1C)C(=O)OC(C)(C)C. The first-order chi connectivity index (χ1) is 7.33.